The normalized spacial score (nSPS) is 11.5. The van der Waals surface area contributed by atoms with Crippen LogP contribution >= 0.6 is 0 Å². The van der Waals surface area contributed by atoms with Crippen LogP contribution in [0.25, 0.3) is 0 Å². The first-order valence-corrected chi connectivity index (χ1v) is 3.91. The van der Waals surface area contributed by atoms with Gasteiger partial charge in [0.1, 0.15) is 0 Å². The summed E-state index contributed by atoms with van der Waals surface area (Å²) < 4.78 is 0. The van der Waals surface area contributed by atoms with Crippen molar-refractivity contribution in [3.8, 4) is 0 Å². The molecule has 0 heterocycles. The Labute approximate surface area is 68.3 Å². The minimum Gasteiger partial charge on any atom is -0.369 e. The molecule has 0 aliphatic carbocycles. The number of hydrogen-bond donors (Lipinski definition) is 2. The highest BCUT2D eigenvalue weighted by Crippen LogP contribution is 2.16. The Morgan fingerprint density at radius 2 is 2.00 bits per heavy atom. The van der Waals surface area contributed by atoms with Gasteiger partial charge in [-0.2, -0.15) is 0 Å². The van der Waals surface area contributed by atoms with Gasteiger partial charge in [-0.05, 0) is 18.4 Å². The minimum atomic E-state index is -0.293. The van der Waals surface area contributed by atoms with Crippen LogP contribution in [0.4, 0.5) is 0 Å². The lowest BCUT2D eigenvalue weighted by Crippen LogP contribution is -2.30. The summed E-state index contributed by atoms with van der Waals surface area (Å²) in [5.74, 6) is -0.293. The van der Waals surface area contributed by atoms with Crippen molar-refractivity contribution in [2.75, 3.05) is 13.1 Å². The Morgan fingerprint density at radius 1 is 1.45 bits per heavy atom. The van der Waals surface area contributed by atoms with E-state index in [4.69, 9.17) is 5.73 Å². The molecule has 0 aromatic rings. The van der Waals surface area contributed by atoms with Crippen LogP contribution in [0.5, 0.6) is 0 Å². The van der Waals surface area contributed by atoms with E-state index in [1.54, 1.807) is 0 Å². The predicted octanol–water partition coefficient (Wildman–Crippen LogP) is 0.497. The number of primary amides is 1. The molecule has 0 rings (SSSR count). The zero-order valence-electron chi connectivity index (χ0n) is 7.61. The van der Waals surface area contributed by atoms with E-state index >= 15 is 0 Å². The van der Waals surface area contributed by atoms with Crippen LogP contribution in [0.2, 0.25) is 0 Å². The molecule has 0 aliphatic rings. The first-order valence-electron chi connectivity index (χ1n) is 3.91. The molecule has 0 fully saturated rings. The Bertz CT molecular complexity index is 127. The van der Waals surface area contributed by atoms with E-state index in [2.05, 4.69) is 26.1 Å². The summed E-state index contributed by atoms with van der Waals surface area (Å²) in [5, 5.41) is 2.97. The predicted molar refractivity (Wildman–Crippen MR) is 46.1 cm³/mol. The minimum absolute atomic E-state index is 0.288. The molecule has 3 nitrogen and oxygen atoms in total. The van der Waals surface area contributed by atoms with Crippen LogP contribution in [-0.4, -0.2) is 19.0 Å². The molecule has 1 amide bonds. The topological polar surface area (TPSA) is 55.1 Å². The number of rotatable bonds is 4. The molecule has 0 saturated carbocycles. The molecule has 0 radical (unpaired) electrons. The maximum absolute atomic E-state index is 10.3. The SMILES string of the molecule is CC(C)(C)CCNCC(N)=O. The van der Waals surface area contributed by atoms with Crippen molar-refractivity contribution >= 4 is 5.91 Å². The van der Waals surface area contributed by atoms with Crippen LogP contribution in [0.15, 0.2) is 0 Å². The third kappa shape index (κ3) is 9.43. The molecule has 0 saturated heterocycles. The van der Waals surface area contributed by atoms with Crippen LogP contribution < -0.4 is 11.1 Å². The smallest absolute Gasteiger partial charge is 0.231 e. The highest BCUT2D eigenvalue weighted by atomic mass is 16.1. The first kappa shape index (κ1) is 10.4. The average molecular weight is 158 g/mol. The van der Waals surface area contributed by atoms with Gasteiger partial charge in [-0.3, -0.25) is 4.79 Å². The van der Waals surface area contributed by atoms with Crippen LogP contribution in [-0.2, 0) is 4.79 Å². The second kappa shape index (κ2) is 4.34. The van der Waals surface area contributed by atoms with E-state index in [9.17, 15) is 4.79 Å². The summed E-state index contributed by atoms with van der Waals surface area (Å²) >= 11 is 0. The molecule has 0 aromatic heterocycles. The summed E-state index contributed by atoms with van der Waals surface area (Å²) in [6.45, 7) is 7.64. The fourth-order valence-corrected chi connectivity index (χ4v) is 0.675. The molecular weight excluding hydrogens is 140 g/mol. The third-order valence-corrected chi connectivity index (χ3v) is 1.35. The van der Waals surface area contributed by atoms with Gasteiger partial charge in [0.15, 0.2) is 0 Å². The monoisotopic (exact) mass is 158 g/mol. The van der Waals surface area contributed by atoms with Crippen LogP contribution in [0, 0.1) is 5.41 Å². The van der Waals surface area contributed by atoms with Crippen molar-refractivity contribution in [3.63, 3.8) is 0 Å². The molecule has 0 spiro atoms. The van der Waals surface area contributed by atoms with Gasteiger partial charge >= 0.3 is 0 Å². The Hall–Kier alpha value is -0.570. The van der Waals surface area contributed by atoms with E-state index in [0.29, 0.717) is 5.41 Å². The van der Waals surface area contributed by atoms with Crippen molar-refractivity contribution in [2.24, 2.45) is 11.1 Å². The van der Waals surface area contributed by atoms with E-state index < -0.39 is 0 Å². The van der Waals surface area contributed by atoms with Gasteiger partial charge in [0, 0.05) is 0 Å². The number of nitrogens with one attached hydrogen (secondary N) is 1. The number of hydrogen-bond acceptors (Lipinski definition) is 2. The van der Waals surface area contributed by atoms with Crippen LogP contribution in [0.1, 0.15) is 27.2 Å². The lowest BCUT2D eigenvalue weighted by atomic mass is 9.92. The number of amides is 1. The zero-order chi connectivity index (χ0) is 8.91. The number of nitrogens with two attached hydrogens (primary N) is 1. The summed E-state index contributed by atoms with van der Waals surface area (Å²) in [7, 11) is 0. The molecule has 3 N–H and O–H groups in total. The van der Waals surface area contributed by atoms with Gasteiger partial charge in [0.05, 0.1) is 6.54 Å². The quantitative estimate of drug-likeness (QED) is 0.585. The lowest BCUT2D eigenvalue weighted by molar-refractivity contribution is -0.117. The standard InChI is InChI=1S/C8H18N2O/c1-8(2,3)4-5-10-6-7(9)11/h10H,4-6H2,1-3H3,(H2,9,11). The van der Waals surface area contributed by atoms with Gasteiger partial charge in [-0.25, -0.2) is 0 Å². The largest absolute Gasteiger partial charge is 0.369 e. The lowest BCUT2D eigenvalue weighted by Gasteiger charge is -2.17. The van der Waals surface area contributed by atoms with Crippen molar-refractivity contribution in [3.05, 3.63) is 0 Å². The Kier molecular flexibility index (Phi) is 4.11. The summed E-state index contributed by atoms with van der Waals surface area (Å²) in [4.78, 5) is 10.3. The second-order valence-electron chi connectivity index (χ2n) is 3.95. The van der Waals surface area contributed by atoms with Crippen LogP contribution in [0.3, 0.4) is 0 Å². The highest BCUT2D eigenvalue weighted by Gasteiger charge is 2.08. The first-order chi connectivity index (χ1) is 4.92. The molecule has 0 bridgehead atoms. The molecule has 0 aliphatic heterocycles. The Morgan fingerprint density at radius 3 is 2.36 bits per heavy atom. The van der Waals surface area contributed by atoms with Crippen molar-refractivity contribution < 1.29 is 4.79 Å². The maximum atomic E-state index is 10.3. The van der Waals surface area contributed by atoms with E-state index in [0.717, 1.165) is 13.0 Å². The number of carbonyl (C=O) groups excluding carboxylic acids is 1. The highest BCUT2D eigenvalue weighted by molar-refractivity contribution is 5.75. The molecule has 0 atom stereocenters. The summed E-state index contributed by atoms with van der Waals surface area (Å²) in [6.07, 6.45) is 1.06. The fraction of sp³-hybridized carbons (Fsp3) is 0.875. The average Bonchev–Trinajstić information content (AvgIpc) is 1.78. The maximum Gasteiger partial charge on any atom is 0.231 e. The van der Waals surface area contributed by atoms with Gasteiger partial charge in [0.2, 0.25) is 5.91 Å². The Balaban J connectivity index is 3.22. The van der Waals surface area contributed by atoms with Gasteiger partial charge in [-0.1, -0.05) is 20.8 Å². The molecule has 0 aromatic carbocycles. The van der Waals surface area contributed by atoms with Gasteiger partial charge < -0.3 is 11.1 Å². The van der Waals surface area contributed by atoms with Gasteiger partial charge in [-0.15, -0.1) is 0 Å². The number of carbonyl (C=O) groups is 1. The molecule has 11 heavy (non-hydrogen) atoms. The van der Waals surface area contributed by atoms with Crippen molar-refractivity contribution in [2.45, 2.75) is 27.2 Å². The molecular formula is C8H18N2O. The fourth-order valence-electron chi connectivity index (χ4n) is 0.675. The van der Waals surface area contributed by atoms with E-state index in [1.807, 2.05) is 0 Å². The molecule has 66 valence electrons. The van der Waals surface area contributed by atoms with Crippen molar-refractivity contribution in [1.29, 1.82) is 0 Å². The summed E-state index contributed by atoms with van der Waals surface area (Å²) in [6, 6.07) is 0. The van der Waals surface area contributed by atoms with Gasteiger partial charge in [0.25, 0.3) is 0 Å². The zero-order valence-corrected chi connectivity index (χ0v) is 7.61. The van der Waals surface area contributed by atoms with E-state index in [-0.39, 0.29) is 12.5 Å². The second-order valence-corrected chi connectivity index (χ2v) is 3.95. The molecule has 3 heteroatoms. The molecule has 0 unspecified atom stereocenters. The summed E-state index contributed by atoms with van der Waals surface area (Å²) in [5.41, 5.74) is 5.26. The third-order valence-electron chi connectivity index (χ3n) is 1.35. The van der Waals surface area contributed by atoms with Crippen molar-refractivity contribution in [1.82, 2.24) is 5.32 Å². The van der Waals surface area contributed by atoms with E-state index in [1.165, 1.54) is 0 Å².